The van der Waals surface area contributed by atoms with Crippen LogP contribution in [-0.4, -0.2) is 17.0 Å². The highest BCUT2D eigenvalue weighted by Crippen LogP contribution is 2.52. The summed E-state index contributed by atoms with van der Waals surface area (Å²) in [5.41, 5.74) is 10.3. The highest BCUT2D eigenvalue weighted by molar-refractivity contribution is 8.00. The van der Waals surface area contributed by atoms with E-state index in [-0.39, 0.29) is 11.2 Å². The molecule has 0 saturated carbocycles. The highest BCUT2D eigenvalue weighted by atomic mass is 32.2. The molecule has 3 heterocycles. The number of Topliss-reactive ketones (excluding diaryl/α,β-unsaturated/α-hetero) is 1. The zero-order valence-electron chi connectivity index (χ0n) is 17.5. The predicted octanol–water partition coefficient (Wildman–Crippen LogP) is 5.11. The van der Waals surface area contributed by atoms with Crippen LogP contribution in [0.25, 0.3) is 0 Å². The van der Waals surface area contributed by atoms with Crippen LogP contribution in [0.1, 0.15) is 43.0 Å². The summed E-state index contributed by atoms with van der Waals surface area (Å²) in [6.45, 7) is 6.26. The zero-order chi connectivity index (χ0) is 21.6. The monoisotopic (exact) mass is 436 g/mol. The average molecular weight is 437 g/mol. The molecule has 2 N–H and O–H groups in total. The molecule has 0 spiro atoms. The Morgan fingerprint density at radius 1 is 1.40 bits per heavy atom. The molecule has 30 heavy (non-hydrogen) atoms. The Labute approximate surface area is 185 Å². The van der Waals surface area contributed by atoms with E-state index >= 15 is 0 Å². The zero-order valence-corrected chi connectivity index (χ0v) is 19.2. The maximum atomic E-state index is 13.5. The first-order chi connectivity index (χ1) is 14.3. The summed E-state index contributed by atoms with van der Waals surface area (Å²) in [6.07, 6.45) is 6.61. The van der Waals surface area contributed by atoms with E-state index in [2.05, 4.69) is 37.9 Å². The molecule has 0 fully saturated rings. The number of rotatable bonds is 3. The van der Waals surface area contributed by atoms with E-state index in [0.29, 0.717) is 29.8 Å². The van der Waals surface area contributed by atoms with Gasteiger partial charge in [-0.2, -0.15) is 5.26 Å². The summed E-state index contributed by atoms with van der Waals surface area (Å²) >= 11 is 3.34. The lowest BCUT2D eigenvalue weighted by molar-refractivity contribution is -0.118. The minimum atomic E-state index is -0.422. The Kier molecular flexibility index (Phi) is 5.25. The predicted molar refractivity (Wildman–Crippen MR) is 122 cm³/mol. The smallest absolute Gasteiger partial charge is 0.162 e. The van der Waals surface area contributed by atoms with Gasteiger partial charge in [-0.15, -0.1) is 23.1 Å². The third-order valence-electron chi connectivity index (χ3n) is 5.63. The van der Waals surface area contributed by atoms with Gasteiger partial charge in [0.15, 0.2) is 5.78 Å². The number of nitrogens with two attached hydrogens (primary N) is 1. The molecule has 0 amide bonds. The minimum absolute atomic E-state index is 0.0938. The summed E-state index contributed by atoms with van der Waals surface area (Å²) < 4.78 is 1.12. The van der Waals surface area contributed by atoms with Crippen LogP contribution in [0.15, 0.2) is 57.5 Å². The second kappa shape index (κ2) is 7.60. The van der Waals surface area contributed by atoms with E-state index in [4.69, 9.17) is 5.73 Å². The minimum Gasteiger partial charge on any atom is -0.384 e. The number of allylic oxidation sites excluding steroid dienone is 3. The van der Waals surface area contributed by atoms with Crippen molar-refractivity contribution in [3.8, 4) is 6.07 Å². The summed E-state index contributed by atoms with van der Waals surface area (Å²) in [7, 11) is 0. The molecule has 2 aliphatic rings. The van der Waals surface area contributed by atoms with Crippen LogP contribution in [0.2, 0.25) is 0 Å². The number of anilines is 1. The van der Waals surface area contributed by atoms with Crippen molar-refractivity contribution >= 4 is 34.6 Å². The fourth-order valence-electron chi connectivity index (χ4n) is 4.47. The topological polar surface area (TPSA) is 83.0 Å². The number of nitriles is 1. The molecule has 0 aromatic carbocycles. The van der Waals surface area contributed by atoms with Gasteiger partial charge in [0.1, 0.15) is 5.82 Å². The number of thioether (sulfide) groups is 1. The second-order valence-electron chi connectivity index (χ2n) is 8.50. The van der Waals surface area contributed by atoms with Crippen LogP contribution in [0.5, 0.6) is 0 Å². The largest absolute Gasteiger partial charge is 0.384 e. The number of carbonyl (C=O) groups excluding carboxylic acids is 1. The van der Waals surface area contributed by atoms with Crippen molar-refractivity contribution in [2.75, 3.05) is 11.2 Å². The first-order valence-corrected chi connectivity index (χ1v) is 11.8. The van der Waals surface area contributed by atoms with Gasteiger partial charge in [0, 0.05) is 28.8 Å². The van der Waals surface area contributed by atoms with Crippen molar-refractivity contribution in [2.45, 2.75) is 43.7 Å². The number of hydrogen-bond donors (Lipinski definition) is 1. The summed E-state index contributed by atoms with van der Waals surface area (Å²) in [6, 6.07) is 8.19. The summed E-state index contributed by atoms with van der Waals surface area (Å²) in [4.78, 5) is 20.8. The summed E-state index contributed by atoms with van der Waals surface area (Å²) in [5.74, 6) is 0.0564. The quantitative estimate of drug-likeness (QED) is 0.673. The number of aryl methyl sites for hydroxylation is 1. The Morgan fingerprint density at radius 3 is 2.80 bits per heavy atom. The van der Waals surface area contributed by atoms with Gasteiger partial charge in [-0.25, -0.2) is 0 Å². The molecule has 1 aliphatic heterocycles. The van der Waals surface area contributed by atoms with E-state index in [1.165, 1.54) is 0 Å². The van der Waals surface area contributed by atoms with Gasteiger partial charge in [-0.1, -0.05) is 13.8 Å². The standard InChI is InChI=1S/C23H24N4OS2/c1-13-8-15(22(29-4)30-13)19-16(11-24)21(25)27(14-6-5-7-26-12-14)17-9-23(2,3)10-18(28)20(17)19/h5-8,12,19H,9-10,25H2,1-4H3/t19-/m1/s1. The molecule has 0 unspecified atom stereocenters. The molecule has 4 rings (SSSR count). The van der Waals surface area contributed by atoms with Gasteiger partial charge >= 0.3 is 0 Å². The van der Waals surface area contributed by atoms with Gasteiger partial charge in [0.2, 0.25) is 0 Å². The number of hydrogen-bond acceptors (Lipinski definition) is 7. The molecule has 2 aromatic heterocycles. The van der Waals surface area contributed by atoms with Crippen molar-refractivity contribution < 1.29 is 4.79 Å². The lowest BCUT2D eigenvalue weighted by Crippen LogP contribution is -2.42. The van der Waals surface area contributed by atoms with Crippen molar-refractivity contribution in [2.24, 2.45) is 11.1 Å². The van der Waals surface area contributed by atoms with Gasteiger partial charge in [0.05, 0.1) is 33.7 Å². The maximum Gasteiger partial charge on any atom is 0.162 e. The second-order valence-corrected chi connectivity index (χ2v) is 10.8. The van der Waals surface area contributed by atoms with E-state index < -0.39 is 5.92 Å². The van der Waals surface area contributed by atoms with Gasteiger partial charge in [-0.3, -0.25) is 14.7 Å². The van der Waals surface area contributed by atoms with Crippen molar-refractivity contribution in [3.63, 3.8) is 0 Å². The molecular formula is C23H24N4OS2. The fourth-order valence-corrected chi connectivity index (χ4v) is 6.39. The Bertz CT molecular complexity index is 1120. The number of nitrogens with zero attached hydrogens (tertiary/aromatic N) is 3. The van der Waals surface area contributed by atoms with Crippen LogP contribution in [0, 0.1) is 23.7 Å². The molecule has 1 atom stereocenters. The number of aromatic nitrogens is 1. The van der Waals surface area contributed by atoms with Crippen LogP contribution in [0.3, 0.4) is 0 Å². The molecule has 0 bridgehead atoms. The van der Waals surface area contributed by atoms with Crippen LogP contribution >= 0.6 is 23.1 Å². The molecule has 154 valence electrons. The molecule has 7 heteroatoms. The van der Waals surface area contributed by atoms with Gasteiger partial charge in [0.25, 0.3) is 0 Å². The summed E-state index contributed by atoms with van der Waals surface area (Å²) in [5, 5.41) is 10.1. The van der Waals surface area contributed by atoms with E-state index in [9.17, 15) is 10.1 Å². The molecule has 2 aromatic rings. The number of carbonyl (C=O) groups is 1. The molecule has 5 nitrogen and oxygen atoms in total. The number of thiophene rings is 1. The highest BCUT2D eigenvalue weighted by Gasteiger charge is 2.45. The van der Waals surface area contributed by atoms with Crippen LogP contribution in [0.4, 0.5) is 5.69 Å². The fraction of sp³-hybridized carbons (Fsp3) is 0.348. The SMILES string of the molecule is CSc1sc(C)cc1[C@@H]1C(C#N)=C(N)N(c2cccnc2)C2=C1C(=O)CC(C)(C)C2. The van der Waals surface area contributed by atoms with Gasteiger partial charge in [-0.05, 0) is 48.8 Å². The molecule has 0 radical (unpaired) electrons. The first kappa shape index (κ1) is 20.7. The van der Waals surface area contributed by atoms with E-state index in [0.717, 1.165) is 26.0 Å². The van der Waals surface area contributed by atoms with Crippen molar-refractivity contribution in [3.05, 3.63) is 63.7 Å². The Morgan fingerprint density at radius 2 is 2.17 bits per heavy atom. The van der Waals surface area contributed by atoms with E-state index in [1.807, 2.05) is 23.3 Å². The lowest BCUT2D eigenvalue weighted by Gasteiger charge is -2.43. The Hall–Kier alpha value is -2.56. The molecule has 0 saturated heterocycles. The third kappa shape index (κ3) is 3.34. The number of ketones is 1. The van der Waals surface area contributed by atoms with Crippen LogP contribution in [-0.2, 0) is 4.79 Å². The van der Waals surface area contributed by atoms with Crippen LogP contribution < -0.4 is 10.6 Å². The van der Waals surface area contributed by atoms with Gasteiger partial charge < -0.3 is 5.73 Å². The molecular weight excluding hydrogens is 412 g/mol. The molecule has 1 aliphatic carbocycles. The maximum absolute atomic E-state index is 13.5. The first-order valence-electron chi connectivity index (χ1n) is 9.78. The van der Waals surface area contributed by atoms with Crippen molar-refractivity contribution in [1.29, 1.82) is 5.26 Å². The number of pyridine rings is 1. The van der Waals surface area contributed by atoms with Crippen molar-refractivity contribution in [1.82, 2.24) is 4.98 Å². The lowest BCUT2D eigenvalue weighted by atomic mass is 9.69. The third-order valence-corrected chi connectivity index (χ3v) is 7.85. The van der Waals surface area contributed by atoms with E-state index in [1.54, 1.807) is 35.5 Å². The Balaban J connectivity index is 2.02. The average Bonchev–Trinajstić information content (AvgIpc) is 3.07. The normalized spacial score (nSPS) is 21.0.